The molecule has 0 aliphatic heterocycles. The van der Waals surface area contributed by atoms with Crippen molar-refractivity contribution in [1.29, 1.82) is 0 Å². The van der Waals surface area contributed by atoms with Crippen LogP contribution in [0.4, 0.5) is 0 Å². The summed E-state index contributed by atoms with van der Waals surface area (Å²) in [6.45, 7) is 0. The molecule has 0 aliphatic rings. The SMILES string of the molecule is [2H]c1c([2H])c([2H])c(-c2c([2H])c(-c3c4ccccc4c(-c4cccc5oc6cc7ccccc7cc6c45)c4ccccc34)c([2H])c3c([2H])c([2H])c([2H])c([2H])c23)c([2H])c1[2H]. The molecule has 47 heavy (non-hydrogen) atoms. The van der Waals surface area contributed by atoms with Crippen molar-refractivity contribution in [2.24, 2.45) is 0 Å². The van der Waals surface area contributed by atoms with Gasteiger partial charge in [0.15, 0.2) is 0 Å². The molecule has 10 rings (SSSR count). The summed E-state index contributed by atoms with van der Waals surface area (Å²) in [5.74, 6) is 0. The summed E-state index contributed by atoms with van der Waals surface area (Å²) in [7, 11) is 0. The second kappa shape index (κ2) is 10.2. The summed E-state index contributed by atoms with van der Waals surface area (Å²) in [5.41, 5.74) is 2.99. The van der Waals surface area contributed by atoms with Crippen LogP contribution in [-0.2, 0) is 0 Å². The van der Waals surface area contributed by atoms with Gasteiger partial charge in [0.05, 0.1) is 15.1 Å². The number of furan rings is 1. The van der Waals surface area contributed by atoms with E-state index >= 15 is 0 Å². The van der Waals surface area contributed by atoms with Gasteiger partial charge in [-0.2, -0.15) is 0 Å². The Morgan fingerprint density at radius 2 is 1.04 bits per heavy atom. The zero-order valence-corrected chi connectivity index (χ0v) is 24.7. The first-order valence-corrected chi connectivity index (χ1v) is 15.3. The fourth-order valence-corrected chi connectivity index (χ4v) is 7.03. The molecule has 1 aromatic heterocycles. The Morgan fingerprint density at radius 1 is 0.404 bits per heavy atom. The fourth-order valence-electron chi connectivity index (χ4n) is 7.03. The first kappa shape index (κ1) is 17.5. The molecule has 0 saturated carbocycles. The van der Waals surface area contributed by atoms with Crippen LogP contribution in [0.15, 0.2) is 174 Å². The van der Waals surface area contributed by atoms with Gasteiger partial charge in [-0.3, -0.25) is 0 Å². The zero-order chi connectivity index (χ0) is 40.5. The van der Waals surface area contributed by atoms with Gasteiger partial charge >= 0.3 is 0 Å². The highest BCUT2D eigenvalue weighted by molar-refractivity contribution is 6.26. The standard InChI is InChI=1S/C46H28O/c1-2-13-29(14-3-1)40-27-33(25-32-17-6-7-18-34(32)40)44-35-19-8-10-21-37(35)45(38-22-11-9-20-36(38)44)39-23-12-24-42-46(39)41-26-30-15-4-5-16-31(30)28-43(41)47-42/h1-28H/i1D,2D,3D,6D,7D,13D,14D,17D,18D,25D,27D. The lowest BCUT2D eigenvalue weighted by Gasteiger charge is -2.19. The van der Waals surface area contributed by atoms with E-state index in [1.165, 1.54) is 0 Å². The van der Waals surface area contributed by atoms with E-state index in [-0.39, 0.29) is 33.5 Å². The molecular weight excluding hydrogens is 569 g/mol. The lowest BCUT2D eigenvalue weighted by Crippen LogP contribution is -1.92. The van der Waals surface area contributed by atoms with E-state index in [1.807, 2.05) is 84.9 Å². The molecule has 0 amide bonds. The van der Waals surface area contributed by atoms with Crippen LogP contribution >= 0.6 is 0 Å². The normalized spacial score (nSPS) is 15.1. The highest BCUT2D eigenvalue weighted by Gasteiger charge is 2.21. The molecule has 0 saturated heterocycles. The van der Waals surface area contributed by atoms with E-state index in [0.29, 0.717) is 21.9 Å². The van der Waals surface area contributed by atoms with E-state index in [1.54, 1.807) is 0 Å². The number of hydrogen-bond acceptors (Lipinski definition) is 1. The van der Waals surface area contributed by atoms with Gasteiger partial charge in [0.2, 0.25) is 0 Å². The van der Waals surface area contributed by atoms with Crippen LogP contribution in [0.3, 0.4) is 0 Å². The van der Waals surface area contributed by atoms with Gasteiger partial charge in [-0.05, 0) is 107 Å². The average molecular weight is 608 g/mol. The van der Waals surface area contributed by atoms with Crippen LogP contribution in [0.1, 0.15) is 15.1 Å². The van der Waals surface area contributed by atoms with Crippen molar-refractivity contribution in [3.05, 3.63) is 170 Å². The Hall–Kier alpha value is -6.18. The van der Waals surface area contributed by atoms with Crippen molar-refractivity contribution >= 4 is 65.0 Å². The van der Waals surface area contributed by atoms with Crippen LogP contribution in [0.5, 0.6) is 0 Å². The molecular formula is C46H28O. The Kier molecular flexibility index (Phi) is 3.79. The van der Waals surface area contributed by atoms with E-state index in [9.17, 15) is 2.74 Å². The second-order valence-corrected chi connectivity index (χ2v) is 11.6. The minimum absolute atomic E-state index is 0.00303. The van der Waals surface area contributed by atoms with Gasteiger partial charge in [-0.1, -0.05) is 139 Å². The van der Waals surface area contributed by atoms with Gasteiger partial charge in [-0.25, -0.2) is 0 Å². The van der Waals surface area contributed by atoms with Gasteiger partial charge < -0.3 is 4.42 Å². The van der Waals surface area contributed by atoms with E-state index in [2.05, 4.69) is 18.2 Å². The van der Waals surface area contributed by atoms with Gasteiger partial charge in [0, 0.05) is 10.8 Å². The summed E-state index contributed by atoms with van der Waals surface area (Å²) in [5, 5.41) is 6.31. The molecule has 0 radical (unpaired) electrons. The number of fused-ring (bicyclic) bond motifs is 7. The first-order chi connectivity index (χ1) is 27.9. The zero-order valence-electron chi connectivity index (χ0n) is 35.7. The quantitative estimate of drug-likeness (QED) is 0.182. The summed E-state index contributed by atoms with van der Waals surface area (Å²) < 4.78 is 104. The smallest absolute Gasteiger partial charge is 0.136 e. The maximum atomic E-state index is 9.91. The molecule has 1 heterocycles. The summed E-state index contributed by atoms with van der Waals surface area (Å²) in [6, 6.07) is 27.1. The molecule has 0 aliphatic carbocycles. The van der Waals surface area contributed by atoms with Crippen molar-refractivity contribution in [2.45, 2.75) is 0 Å². The van der Waals surface area contributed by atoms with Crippen LogP contribution in [0, 0.1) is 0 Å². The average Bonchev–Trinajstić information content (AvgIpc) is 3.60. The second-order valence-electron chi connectivity index (χ2n) is 11.6. The van der Waals surface area contributed by atoms with Crippen molar-refractivity contribution < 1.29 is 19.5 Å². The molecule has 0 fully saturated rings. The summed E-state index contributed by atoms with van der Waals surface area (Å²) >= 11 is 0. The minimum atomic E-state index is -0.657. The van der Waals surface area contributed by atoms with Gasteiger partial charge in [0.25, 0.3) is 0 Å². The molecule has 218 valence electrons. The molecule has 10 aromatic rings. The Labute approximate surface area is 287 Å². The highest BCUT2D eigenvalue weighted by atomic mass is 16.3. The Bertz CT molecular complexity index is 3390. The highest BCUT2D eigenvalue weighted by Crippen LogP contribution is 2.48. The minimum Gasteiger partial charge on any atom is -0.456 e. The van der Waals surface area contributed by atoms with Crippen LogP contribution in [0.2, 0.25) is 0 Å². The molecule has 0 bridgehead atoms. The van der Waals surface area contributed by atoms with Gasteiger partial charge in [0.1, 0.15) is 11.2 Å². The van der Waals surface area contributed by atoms with Crippen molar-refractivity contribution in [2.75, 3.05) is 0 Å². The van der Waals surface area contributed by atoms with Crippen molar-refractivity contribution in [1.82, 2.24) is 0 Å². The topological polar surface area (TPSA) is 13.1 Å². The van der Waals surface area contributed by atoms with E-state index < -0.39 is 60.4 Å². The largest absolute Gasteiger partial charge is 0.456 e. The number of rotatable bonds is 3. The summed E-state index contributed by atoms with van der Waals surface area (Å²) in [4.78, 5) is 0. The predicted octanol–water partition coefficient (Wildman–Crippen LogP) is 13.2. The fraction of sp³-hybridized carbons (Fsp3) is 0. The number of hydrogen-bond donors (Lipinski definition) is 0. The lowest BCUT2D eigenvalue weighted by atomic mass is 9.83. The molecule has 0 N–H and O–H groups in total. The van der Waals surface area contributed by atoms with E-state index in [4.69, 9.17) is 16.8 Å². The number of benzene rings is 9. The molecule has 0 atom stereocenters. The lowest BCUT2D eigenvalue weighted by molar-refractivity contribution is 0.669. The third-order valence-corrected chi connectivity index (χ3v) is 9.00. The maximum absolute atomic E-state index is 9.91. The monoisotopic (exact) mass is 607 g/mol. The third kappa shape index (κ3) is 3.97. The maximum Gasteiger partial charge on any atom is 0.136 e. The predicted molar refractivity (Wildman–Crippen MR) is 200 cm³/mol. The van der Waals surface area contributed by atoms with Crippen molar-refractivity contribution in [3.8, 4) is 33.4 Å². The molecule has 1 nitrogen and oxygen atoms in total. The molecule has 0 unspecified atom stereocenters. The van der Waals surface area contributed by atoms with Crippen LogP contribution in [-0.4, -0.2) is 0 Å². The Morgan fingerprint density at radius 3 is 1.79 bits per heavy atom. The third-order valence-electron chi connectivity index (χ3n) is 9.00. The van der Waals surface area contributed by atoms with Crippen molar-refractivity contribution in [3.63, 3.8) is 0 Å². The molecule has 1 heteroatoms. The Balaban J connectivity index is 1.40. The van der Waals surface area contributed by atoms with Gasteiger partial charge in [-0.15, -0.1) is 0 Å². The van der Waals surface area contributed by atoms with Crippen LogP contribution in [0.25, 0.3) is 98.4 Å². The molecule has 9 aromatic carbocycles. The van der Waals surface area contributed by atoms with Crippen LogP contribution < -0.4 is 0 Å². The molecule has 0 spiro atoms. The summed E-state index contributed by atoms with van der Waals surface area (Å²) in [6.07, 6.45) is 0. The first-order valence-electron chi connectivity index (χ1n) is 20.8. The van der Waals surface area contributed by atoms with E-state index in [0.717, 1.165) is 49.0 Å².